The molecule has 1 rings (SSSR count). The molecule has 0 heterocycles. The predicted octanol–water partition coefficient (Wildman–Crippen LogP) is 1.88. The third kappa shape index (κ3) is 7.03. The fourth-order valence-electron chi connectivity index (χ4n) is 0.650. The number of Topliss-reactive ketones (excluding diaryl/α,β-unsaturated/α-hetero) is 1. The summed E-state index contributed by atoms with van der Waals surface area (Å²) >= 11 is 0. The summed E-state index contributed by atoms with van der Waals surface area (Å²) in [5.74, 6) is 5.32. The summed E-state index contributed by atoms with van der Waals surface area (Å²) in [5, 5.41) is 0. The number of aryl methyl sites for hydroxylation is 1. The zero-order valence-electron chi connectivity index (χ0n) is 8.29. The van der Waals surface area contributed by atoms with Gasteiger partial charge in [0.25, 0.3) is 0 Å². The van der Waals surface area contributed by atoms with Crippen LogP contribution in [0.25, 0.3) is 0 Å². The molecule has 0 aliphatic carbocycles. The van der Waals surface area contributed by atoms with Crippen molar-refractivity contribution in [2.24, 2.45) is 5.84 Å². The Morgan fingerprint density at radius 3 is 1.92 bits per heavy atom. The van der Waals surface area contributed by atoms with E-state index in [1.807, 2.05) is 31.2 Å². The van der Waals surface area contributed by atoms with E-state index in [9.17, 15) is 4.79 Å². The van der Waals surface area contributed by atoms with Crippen molar-refractivity contribution in [3.05, 3.63) is 29.8 Å². The van der Waals surface area contributed by atoms with Crippen molar-refractivity contribution >= 4 is 11.5 Å². The number of hydrogen-bond donors (Lipinski definition) is 2. The molecule has 0 aliphatic heterocycles. The molecule has 3 nitrogen and oxygen atoms in total. The van der Waals surface area contributed by atoms with Crippen molar-refractivity contribution in [1.29, 1.82) is 0 Å². The molecule has 1 aromatic rings. The molecular weight excluding hydrogens is 164 g/mol. The van der Waals surface area contributed by atoms with Crippen molar-refractivity contribution < 1.29 is 4.79 Å². The highest BCUT2D eigenvalue weighted by molar-refractivity contribution is 5.72. The lowest BCUT2D eigenvalue weighted by molar-refractivity contribution is -0.114. The van der Waals surface area contributed by atoms with E-state index in [4.69, 9.17) is 5.84 Å². The Morgan fingerprint density at radius 2 is 1.62 bits per heavy atom. The number of hydrazine groups is 1. The van der Waals surface area contributed by atoms with Crippen LogP contribution in [-0.4, -0.2) is 5.78 Å². The van der Waals surface area contributed by atoms with Gasteiger partial charge in [0.05, 0.1) is 0 Å². The number of nitrogen functional groups attached to an aromatic ring is 1. The Morgan fingerprint density at radius 1 is 1.23 bits per heavy atom. The number of rotatable bonds is 1. The highest BCUT2D eigenvalue weighted by atomic mass is 16.1. The topological polar surface area (TPSA) is 55.1 Å². The predicted molar refractivity (Wildman–Crippen MR) is 55.3 cm³/mol. The molecule has 13 heavy (non-hydrogen) atoms. The van der Waals surface area contributed by atoms with E-state index in [0.29, 0.717) is 0 Å². The van der Waals surface area contributed by atoms with E-state index in [0.717, 1.165) is 5.69 Å². The molecule has 0 amide bonds. The molecule has 3 heteroatoms. The maximum Gasteiger partial charge on any atom is 0.126 e. The Kier molecular flexibility index (Phi) is 5.55. The van der Waals surface area contributed by atoms with Gasteiger partial charge in [0, 0.05) is 5.69 Å². The van der Waals surface area contributed by atoms with Gasteiger partial charge in [-0.15, -0.1) is 0 Å². The van der Waals surface area contributed by atoms with Crippen LogP contribution in [0.1, 0.15) is 19.4 Å². The molecule has 0 radical (unpaired) electrons. The Bertz CT molecular complexity index is 250. The van der Waals surface area contributed by atoms with Gasteiger partial charge < -0.3 is 10.2 Å². The summed E-state index contributed by atoms with van der Waals surface area (Å²) in [5.41, 5.74) is 4.74. The number of nitrogens with two attached hydrogens (primary N) is 1. The monoisotopic (exact) mass is 180 g/mol. The van der Waals surface area contributed by atoms with E-state index in [2.05, 4.69) is 5.43 Å². The summed E-state index contributed by atoms with van der Waals surface area (Å²) in [6.45, 7) is 5.10. The average molecular weight is 180 g/mol. The third-order valence-electron chi connectivity index (χ3n) is 1.22. The summed E-state index contributed by atoms with van der Waals surface area (Å²) in [7, 11) is 0. The molecule has 3 N–H and O–H groups in total. The van der Waals surface area contributed by atoms with Crippen LogP contribution in [0, 0.1) is 6.92 Å². The van der Waals surface area contributed by atoms with E-state index in [1.54, 1.807) is 0 Å². The van der Waals surface area contributed by atoms with Gasteiger partial charge in [0.1, 0.15) is 5.78 Å². The third-order valence-corrected chi connectivity index (χ3v) is 1.22. The SMILES string of the molecule is CC(C)=O.Cc1ccc(NN)cc1. The second-order valence-electron chi connectivity index (χ2n) is 2.92. The first kappa shape index (κ1) is 11.6. The first-order chi connectivity index (χ1) is 6.06. The summed E-state index contributed by atoms with van der Waals surface area (Å²) < 4.78 is 0. The molecule has 72 valence electrons. The van der Waals surface area contributed by atoms with Crippen molar-refractivity contribution in [1.82, 2.24) is 0 Å². The number of carbonyl (C=O) groups excluding carboxylic acids is 1. The van der Waals surface area contributed by atoms with Crippen LogP contribution >= 0.6 is 0 Å². The highest BCUT2D eigenvalue weighted by Crippen LogP contribution is 2.05. The minimum atomic E-state index is 0.167. The zero-order chi connectivity index (χ0) is 10.3. The lowest BCUT2D eigenvalue weighted by Crippen LogP contribution is -2.05. The van der Waals surface area contributed by atoms with E-state index in [1.165, 1.54) is 19.4 Å². The number of ketones is 1. The fourth-order valence-corrected chi connectivity index (χ4v) is 0.650. The second kappa shape index (κ2) is 6.20. The summed E-state index contributed by atoms with van der Waals surface area (Å²) in [6.07, 6.45) is 0. The molecule has 0 saturated heterocycles. The van der Waals surface area contributed by atoms with Crippen LogP contribution in [0.4, 0.5) is 5.69 Å². The Balaban J connectivity index is 0.000000310. The molecule has 0 fully saturated rings. The lowest BCUT2D eigenvalue weighted by Gasteiger charge is -1.97. The molecule has 0 bridgehead atoms. The van der Waals surface area contributed by atoms with Crippen LogP contribution in [0.2, 0.25) is 0 Å². The van der Waals surface area contributed by atoms with E-state index < -0.39 is 0 Å². The maximum absolute atomic E-state index is 9.44. The molecule has 0 atom stereocenters. The van der Waals surface area contributed by atoms with Crippen LogP contribution in [0.15, 0.2) is 24.3 Å². The fraction of sp³-hybridized carbons (Fsp3) is 0.300. The molecule has 0 spiro atoms. The molecule has 0 saturated carbocycles. The highest BCUT2D eigenvalue weighted by Gasteiger charge is 1.84. The molecular formula is C10H16N2O. The minimum Gasteiger partial charge on any atom is -0.324 e. The maximum atomic E-state index is 9.44. The molecule has 1 aromatic carbocycles. The number of benzene rings is 1. The molecule has 0 aliphatic rings. The average Bonchev–Trinajstić information content (AvgIpc) is 2.05. The molecule has 0 aromatic heterocycles. The molecule has 0 unspecified atom stereocenters. The van der Waals surface area contributed by atoms with Gasteiger partial charge in [-0.25, -0.2) is 0 Å². The Labute approximate surface area is 78.9 Å². The first-order valence-corrected chi connectivity index (χ1v) is 4.06. The number of nitrogens with one attached hydrogen (secondary N) is 1. The lowest BCUT2D eigenvalue weighted by atomic mass is 10.2. The summed E-state index contributed by atoms with van der Waals surface area (Å²) in [4.78, 5) is 9.44. The van der Waals surface area contributed by atoms with Gasteiger partial charge in [-0.2, -0.15) is 0 Å². The number of hydrogen-bond acceptors (Lipinski definition) is 3. The van der Waals surface area contributed by atoms with Crippen LogP contribution in [-0.2, 0) is 4.79 Å². The van der Waals surface area contributed by atoms with Gasteiger partial charge in [-0.1, -0.05) is 17.7 Å². The van der Waals surface area contributed by atoms with Crippen molar-refractivity contribution in [3.63, 3.8) is 0 Å². The first-order valence-electron chi connectivity index (χ1n) is 4.06. The quantitative estimate of drug-likeness (QED) is 0.512. The van der Waals surface area contributed by atoms with Gasteiger partial charge in [0.2, 0.25) is 0 Å². The van der Waals surface area contributed by atoms with E-state index in [-0.39, 0.29) is 5.78 Å². The van der Waals surface area contributed by atoms with E-state index >= 15 is 0 Å². The largest absolute Gasteiger partial charge is 0.324 e. The number of anilines is 1. The smallest absolute Gasteiger partial charge is 0.126 e. The van der Waals surface area contributed by atoms with Crippen LogP contribution in [0.5, 0.6) is 0 Å². The second-order valence-corrected chi connectivity index (χ2v) is 2.92. The summed E-state index contributed by atoms with van der Waals surface area (Å²) in [6, 6.07) is 7.90. The van der Waals surface area contributed by atoms with Crippen molar-refractivity contribution in [2.45, 2.75) is 20.8 Å². The van der Waals surface area contributed by atoms with Gasteiger partial charge in [-0.3, -0.25) is 5.84 Å². The number of carbonyl (C=O) groups is 1. The normalized spacial score (nSPS) is 8.31. The van der Waals surface area contributed by atoms with Gasteiger partial charge >= 0.3 is 0 Å². The Hall–Kier alpha value is -1.35. The van der Waals surface area contributed by atoms with Crippen LogP contribution in [0.3, 0.4) is 0 Å². The minimum absolute atomic E-state index is 0.167. The van der Waals surface area contributed by atoms with Crippen molar-refractivity contribution in [3.8, 4) is 0 Å². The van der Waals surface area contributed by atoms with Gasteiger partial charge in [-0.05, 0) is 32.9 Å². The standard InChI is InChI=1S/C7H10N2.C3H6O/c1-6-2-4-7(9-8)5-3-6;1-3(2)4/h2-5,9H,8H2,1H3;1-2H3. The zero-order valence-corrected chi connectivity index (χ0v) is 8.29. The van der Waals surface area contributed by atoms with Crippen molar-refractivity contribution in [2.75, 3.05) is 5.43 Å². The van der Waals surface area contributed by atoms with Crippen LogP contribution < -0.4 is 11.3 Å². The van der Waals surface area contributed by atoms with Gasteiger partial charge in [0.15, 0.2) is 0 Å².